The maximum atomic E-state index is 9.39. The molecule has 238 valence electrons. The average molecular weight is 660 g/mol. The summed E-state index contributed by atoms with van der Waals surface area (Å²) in [4.78, 5) is 0. The van der Waals surface area contributed by atoms with Gasteiger partial charge in [-0.15, -0.1) is 0 Å². The van der Waals surface area contributed by atoms with Crippen molar-refractivity contribution in [3.63, 3.8) is 0 Å². The highest BCUT2D eigenvalue weighted by Gasteiger charge is 2.20. The molecule has 1 nitrogen and oxygen atoms in total. The van der Waals surface area contributed by atoms with Crippen molar-refractivity contribution in [3.8, 4) is 55.6 Å². The Hall–Kier alpha value is -6.70. The zero-order chi connectivity index (χ0) is 43.3. The third-order valence-corrected chi connectivity index (χ3v) is 9.54. The molecule has 0 N–H and O–H groups in total. The highest BCUT2D eigenvalue weighted by Crippen LogP contribution is 2.46. The van der Waals surface area contributed by atoms with Crippen molar-refractivity contribution in [3.05, 3.63) is 194 Å². The number of para-hydroxylation sites is 1. The van der Waals surface area contributed by atoms with Crippen LogP contribution in [0.3, 0.4) is 0 Å². The van der Waals surface area contributed by atoms with Crippen LogP contribution in [0.2, 0.25) is 0 Å². The number of hydrogen-bond acceptors (Lipinski definition) is 1. The molecule has 9 aromatic carbocycles. The van der Waals surface area contributed by atoms with E-state index in [0.29, 0.717) is 44.0 Å². The van der Waals surface area contributed by atoms with Crippen LogP contribution in [-0.4, -0.2) is 0 Å². The van der Waals surface area contributed by atoms with Gasteiger partial charge in [0.25, 0.3) is 0 Å². The number of benzene rings is 9. The fourth-order valence-electron chi connectivity index (χ4n) is 7.31. The molecule has 10 aromatic rings. The van der Waals surface area contributed by atoms with Gasteiger partial charge in [-0.1, -0.05) is 176 Å². The van der Waals surface area contributed by atoms with Crippen molar-refractivity contribution in [2.45, 2.75) is 0 Å². The normalized spacial score (nSPS) is 14.5. The predicted octanol–water partition coefficient (Wildman–Crippen LogP) is 14.2. The molecule has 0 aliphatic carbocycles. The van der Waals surface area contributed by atoms with Crippen LogP contribution in [0.15, 0.2) is 198 Å². The van der Waals surface area contributed by atoms with Crippen LogP contribution in [0.5, 0.6) is 0 Å². The van der Waals surface area contributed by atoms with Crippen LogP contribution in [0.1, 0.15) is 15.1 Å². The number of fused-ring (bicyclic) bond motifs is 5. The summed E-state index contributed by atoms with van der Waals surface area (Å²) in [6, 6.07) is 36.6. The standard InChI is InChI=1S/C50H32O/c1-4-14-33(15-5-1)38-28-29-42-44(32-38)48(35-16-6-2-7-17-35)41-21-11-10-20-40(41)47(42)37-26-24-34(25-27-37)39-30-31-46-50(43-22-12-13-23-45(43)51-46)49(39)36-18-8-3-9-19-36/h1-32H/i2D,6D,7D,12D,13D,16D,17D,22D,23D,30D,31D. The molecular formula is C50H32O. The lowest BCUT2D eigenvalue weighted by Gasteiger charge is -2.19. The molecule has 1 heteroatoms. The second-order valence-corrected chi connectivity index (χ2v) is 12.4. The molecule has 0 bridgehead atoms. The van der Waals surface area contributed by atoms with Gasteiger partial charge in [0.15, 0.2) is 0 Å². The summed E-state index contributed by atoms with van der Waals surface area (Å²) in [6.07, 6.45) is 0. The maximum Gasteiger partial charge on any atom is 0.136 e. The van der Waals surface area contributed by atoms with Gasteiger partial charge >= 0.3 is 0 Å². The van der Waals surface area contributed by atoms with E-state index in [1.54, 1.807) is 0 Å². The van der Waals surface area contributed by atoms with Gasteiger partial charge in [-0.3, -0.25) is 0 Å². The van der Waals surface area contributed by atoms with E-state index in [1.165, 1.54) is 0 Å². The van der Waals surface area contributed by atoms with Crippen LogP contribution >= 0.6 is 0 Å². The van der Waals surface area contributed by atoms with E-state index in [2.05, 4.69) is 0 Å². The van der Waals surface area contributed by atoms with Gasteiger partial charge < -0.3 is 4.42 Å². The van der Waals surface area contributed by atoms with E-state index >= 15 is 0 Å². The van der Waals surface area contributed by atoms with Gasteiger partial charge in [0.1, 0.15) is 11.2 Å². The Kier molecular flexibility index (Phi) is 4.73. The minimum atomic E-state index is -0.465. The van der Waals surface area contributed by atoms with E-state index in [4.69, 9.17) is 18.1 Å². The molecule has 0 radical (unpaired) electrons. The Morgan fingerprint density at radius 3 is 1.65 bits per heavy atom. The Labute approximate surface area is 312 Å². The van der Waals surface area contributed by atoms with Crippen molar-refractivity contribution in [2.75, 3.05) is 0 Å². The first kappa shape index (κ1) is 20.1. The topological polar surface area (TPSA) is 13.1 Å². The van der Waals surface area contributed by atoms with E-state index in [9.17, 15) is 1.37 Å². The maximum absolute atomic E-state index is 9.39. The summed E-state index contributed by atoms with van der Waals surface area (Å²) in [7, 11) is 0. The van der Waals surface area contributed by atoms with Gasteiger partial charge in [0, 0.05) is 16.3 Å². The van der Waals surface area contributed by atoms with E-state index < -0.39 is 30.2 Å². The Morgan fingerprint density at radius 1 is 0.333 bits per heavy atom. The second-order valence-electron chi connectivity index (χ2n) is 12.4. The average Bonchev–Trinajstić information content (AvgIpc) is 3.71. The molecule has 0 atom stereocenters. The third-order valence-electron chi connectivity index (χ3n) is 9.54. The third kappa shape index (κ3) is 4.86. The minimum absolute atomic E-state index is 0.00300. The molecule has 1 heterocycles. The first-order valence-corrected chi connectivity index (χ1v) is 16.6. The lowest BCUT2D eigenvalue weighted by Crippen LogP contribution is -1.92. The summed E-state index contributed by atoms with van der Waals surface area (Å²) in [5.74, 6) is 0. The molecule has 0 aliphatic rings. The fourth-order valence-corrected chi connectivity index (χ4v) is 7.31. The highest BCUT2D eigenvalue weighted by atomic mass is 16.3. The number of hydrogen-bond donors (Lipinski definition) is 0. The van der Waals surface area contributed by atoms with Gasteiger partial charge in [0.05, 0.1) is 15.1 Å². The summed E-state index contributed by atoms with van der Waals surface area (Å²) < 4.78 is 103. The number of rotatable bonds is 5. The Bertz CT molecular complexity index is 3480. The second kappa shape index (κ2) is 12.0. The molecule has 0 amide bonds. The SMILES string of the molecule is [2H]c1c([2H])c([2H])c(-c2c3ccccc3c(-c3ccc(-c4c([2H])c([2H])c5oc6c([2H])c([2H])c([2H])c([2H])c6c5c4-c4ccccc4)cc3)c3ccc(-c4ccccc4)cc23)c([2H])c1[2H]. The van der Waals surface area contributed by atoms with Crippen molar-refractivity contribution < 1.29 is 19.5 Å². The molecule has 0 spiro atoms. The highest BCUT2D eigenvalue weighted by molar-refractivity contribution is 6.22. The molecule has 1 aromatic heterocycles. The zero-order valence-corrected chi connectivity index (χ0v) is 27.0. The van der Waals surface area contributed by atoms with E-state index in [1.807, 2.05) is 127 Å². The van der Waals surface area contributed by atoms with Gasteiger partial charge in [-0.05, 0) is 89.8 Å². The van der Waals surface area contributed by atoms with E-state index in [0.717, 1.165) is 33.0 Å². The predicted molar refractivity (Wildman–Crippen MR) is 216 cm³/mol. The van der Waals surface area contributed by atoms with Gasteiger partial charge in [-0.25, -0.2) is 0 Å². The smallest absolute Gasteiger partial charge is 0.136 e. The first-order chi connectivity index (χ1) is 29.9. The quantitative estimate of drug-likeness (QED) is 0.168. The Balaban J connectivity index is 1.27. The fraction of sp³-hybridized carbons (Fsp3) is 0. The molecule has 10 rings (SSSR count). The Morgan fingerprint density at radius 2 is 0.902 bits per heavy atom. The van der Waals surface area contributed by atoms with Crippen molar-refractivity contribution in [1.29, 1.82) is 0 Å². The molecule has 0 saturated carbocycles. The monoisotopic (exact) mass is 659 g/mol. The largest absolute Gasteiger partial charge is 0.456 e. The van der Waals surface area contributed by atoms with E-state index in [-0.39, 0.29) is 58.4 Å². The summed E-state index contributed by atoms with van der Waals surface area (Å²) in [5, 5.41) is 3.45. The van der Waals surface area contributed by atoms with Gasteiger partial charge in [-0.2, -0.15) is 0 Å². The molecule has 0 fully saturated rings. The van der Waals surface area contributed by atoms with Crippen molar-refractivity contribution in [2.24, 2.45) is 0 Å². The van der Waals surface area contributed by atoms with Gasteiger partial charge in [0.2, 0.25) is 0 Å². The van der Waals surface area contributed by atoms with Crippen LogP contribution in [0, 0.1) is 0 Å². The van der Waals surface area contributed by atoms with Crippen LogP contribution in [0.4, 0.5) is 0 Å². The molecule has 0 aliphatic heterocycles. The van der Waals surface area contributed by atoms with Crippen molar-refractivity contribution in [1.82, 2.24) is 0 Å². The summed E-state index contributed by atoms with van der Waals surface area (Å²) in [5.41, 5.74) is 6.22. The molecular weight excluding hydrogens is 617 g/mol. The summed E-state index contributed by atoms with van der Waals surface area (Å²) in [6.45, 7) is 0. The van der Waals surface area contributed by atoms with Crippen LogP contribution in [-0.2, 0) is 0 Å². The first-order valence-electron chi connectivity index (χ1n) is 22.1. The lowest BCUT2D eigenvalue weighted by molar-refractivity contribution is 0.669. The molecule has 0 unspecified atom stereocenters. The van der Waals surface area contributed by atoms with Crippen LogP contribution < -0.4 is 0 Å². The van der Waals surface area contributed by atoms with Crippen LogP contribution in [0.25, 0.3) is 99.1 Å². The summed E-state index contributed by atoms with van der Waals surface area (Å²) >= 11 is 0. The van der Waals surface area contributed by atoms with Crippen molar-refractivity contribution >= 4 is 43.5 Å². The number of furan rings is 1. The minimum Gasteiger partial charge on any atom is -0.456 e. The zero-order valence-electron chi connectivity index (χ0n) is 38.0. The molecule has 51 heavy (non-hydrogen) atoms. The lowest BCUT2D eigenvalue weighted by atomic mass is 9.84. The molecule has 0 saturated heterocycles.